The molecule has 0 bridgehead atoms. The molecule has 0 aliphatic rings. The van der Waals surface area contributed by atoms with Crippen LogP contribution in [-0.4, -0.2) is 24.8 Å². The summed E-state index contributed by atoms with van der Waals surface area (Å²) in [6.07, 6.45) is 1.19. The predicted molar refractivity (Wildman–Crippen MR) is 99.2 cm³/mol. The van der Waals surface area contributed by atoms with Crippen LogP contribution in [0.2, 0.25) is 0 Å². The van der Waals surface area contributed by atoms with Gasteiger partial charge in [-0.05, 0) is 47.8 Å². The van der Waals surface area contributed by atoms with Crippen LogP contribution in [0.4, 0.5) is 5.69 Å². The minimum Gasteiger partial charge on any atom is -0.366 e. The molecule has 0 saturated carbocycles. The molecule has 0 fully saturated rings. The fourth-order valence-electron chi connectivity index (χ4n) is 2.60. The van der Waals surface area contributed by atoms with Crippen molar-refractivity contribution in [3.63, 3.8) is 0 Å². The molecule has 1 aromatic carbocycles. The molecule has 1 aromatic rings. The zero-order chi connectivity index (χ0) is 17.1. The highest BCUT2D eigenvalue weighted by atomic mass is 15.1. The van der Waals surface area contributed by atoms with Crippen molar-refractivity contribution >= 4 is 11.5 Å². The number of nitrogens with zero attached hydrogens (tertiary/aromatic N) is 2. The summed E-state index contributed by atoms with van der Waals surface area (Å²) in [5.74, 6) is 1.58. The second-order valence-electron chi connectivity index (χ2n) is 8.83. The van der Waals surface area contributed by atoms with Crippen molar-refractivity contribution < 1.29 is 0 Å². The summed E-state index contributed by atoms with van der Waals surface area (Å²) >= 11 is 0. The second-order valence-corrected chi connectivity index (χ2v) is 8.83. The van der Waals surface area contributed by atoms with Gasteiger partial charge in [0.2, 0.25) is 0 Å². The monoisotopic (exact) mass is 302 g/mol. The van der Waals surface area contributed by atoms with Gasteiger partial charge in [0.15, 0.2) is 0 Å². The van der Waals surface area contributed by atoms with Crippen molar-refractivity contribution in [2.75, 3.05) is 14.1 Å². The van der Waals surface area contributed by atoms with Crippen LogP contribution in [0.3, 0.4) is 0 Å². The molecule has 0 amide bonds. The summed E-state index contributed by atoms with van der Waals surface area (Å²) in [6, 6.07) is 8.79. The molecule has 0 aliphatic heterocycles. The van der Waals surface area contributed by atoms with E-state index >= 15 is 0 Å². The Bertz CT molecular complexity index is 496. The number of amidine groups is 1. The molecule has 22 heavy (non-hydrogen) atoms. The van der Waals surface area contributed by atoms with Crippen molar-refractivity contribution in [2.45, 2.75) is 60.8 Å². The fraction of sp³-hybridized carbons (Fsp3) is 0.650. The second kappa shape index (κ2) is 6.85. The van der Waals surface area contributed by atoms with Gasteiger partial charge in [-0.1, -0.05) is 53.7 Å². The van der Waals surface area contributed by atoms with Crippen molar-refractivity contribution in [1.29, 1.82) is 0 Å². The number of aliphatic imine (C=N–C) groups is 1. The smallest absolute Gasteiger partial charge is 0.101 e. The van der Waals surface area contributed by atoms with Gasteiger partial charge in [-0.15, -0.1) is 0 Å². The van der Waals surface area contributed by atoms with E-state index in [-0.39, 0.29) is 5.41 Å². The third kappa shape index (κ3) is 5.82. The summed E-state index contributed by atoms with van der Waals surface area (Å²) < 4.78 is 0. The van der Waals surface area contributed by atoms with E-state index in [4.69, 9.17) is 0 Å². The maximum Gasteiger partial charge on any atom is 0.101 e. The van der Waals surface area contributed by atoms with Crippen LogP contribution in [0, 0.1) is 10.8 Å². The lowest BCUT2D eigenvalue weighted by Gasteiger charge is -2.36. The van der Waals surface area contributed by atoms with E-state index < -0.39 is 0 Å². The van der Waals surface area contributed by atoms with Crippen molar-refractivity contribution in [2.24, 2.45) is 15.8 Å². The summed E-state index contributed by atoms with van der Waals surface area (Å²) in [5.41, 5.74) is 3.04. The van der Waals surface area contributed by atoms with Gasteiger partial charge in [-0.2, -0.15) is 0 Å². The van der Waals surface area contributed by atoms with E-state index in [0.29, 0.717) is 11.3 Å². The number of hydrogen-bond donors (Lipinski definition) is 0. The standard InChI is InChI=1S/C20H34N2/c1-15(22(8)9)21-17-12-10-16(11-13-17)18(20(5,6)7)14-19(2,3)4/h10-13,18H,14H2,1-9H3. The van der Waals surface area contributed by atoms with Gasteiger partial charge in [0.25, 0.3) is 0 Å². The number of hydrogen-bond acceptors (Lipinski definition) is 1. The first-order chi connectivity index (χ1) is 9.90. The van der Waals surface area contributed by atoms with Gasteiger partial charge in [-0.25, -0.2) is 4.99 Å². The molecule has 124 valence electrons. The molecule has 0 aromatic heterocycles. The Balaban J connectivity index is 3.06. The van der Waals surface area contributed by atoms with Crippen LogP contribution < -0.4 is 0 Å². The third-order valence-electron chi connectivity index (χ3n) is 4.10. The molecule has 1 unspecified atom stereocenters. The Kier molecular flexibility index (Phi) is 5.83. The summed E-state index contributed by atoms with van der Waals surface area (Å²) in [5, 5.41) is 0. The molecule has 2 nitrogen and oxygen atoms in total. The van der Waals surface area contributed by atoms with E-state index in [1.165, 1.54) is 12.0 Å². The van der Waals surface area contributed by atoms with Gasteiger partial charge in [0.1, 0.15) is 5.84 Å². The van der Waals surface area contributed by atoms with Crippen LogP contribution in [-0.2, 0) is 0 Å². The zero-order valence-corrected chi connectivity index (χ0v) is 16.0. The third-order valence-corrected chi connectivity index (χ3v) is 4.10. The van der Waals surface area contributed by atoms with Crippen LogP contribution in [0.1, 0.15) is 66.4 Å². The first kappa shape index (κ1) is 18.7. The minimum atomic E-state index is 0.262. The number of rotatable bonds is 3. The number of benzene rings is 1. The highest BCUT2D eigenvalue weighted by Gasteiger charge is 2.30. The lowest BCUT2D eigenvalue weighted by atomic mass is 9.69. The lowest BCUT2D eigenvalue weighted by molar-refractivity contribution is 0.229. The maximum absolute atomic E-state index is 4.64. The minimum absolute atomic E-state index is 0.262. The first-order valence-corrected chi connectivity index (χ1v) is 8.23. The Morgan fingerprint density at radius 2 is 1.50 bits per heavy atom. The Morgan fingerprint density at radius 3 is 1.86 bits per heavy atom. The quantitative estimate of drug-likeness (QED) is 0.504. The predicted octanol–water partition coefficient (Wildman–Crippen LogP) is 5.86. The largest absolute Gasteiger partial charge is 0.366 e. The van der Waals surface area contributed by atoms with Gasteiger partial charge < -0.3 is 4.90 Å². The van der Waals surface area contributed by atoms with E-state index in [2.05, 4.69) is 70.8 Å². The molecule has 0 saturated heterocycles. The van der Waals surface area contributed by atoms with Crippen LogP contribution >= 0.6 is 0 Å². The normalized spacial score (nSPS) is 14.9. The molecule has 1 atom stereocenters. The fourth-order valence-corrected chi connectivity index (χ4v) is 2.60. The Morgan fingerprint density at radius 1 is 1.00 bits per heavy atom. The van der Waals surface area contributed by atoms with Gasteiger partial charge in [0.05, 0.1) is 5.69 Å². The van der Waals surface area contributed by atoms with E-state index in [0.717, 1.165) is 11.5 Å². The van der Waals surface area contributed by atoms with Gasteiger partial charge in [0, 0.05) is 14.1 Å². The van der Waals surface area contributed by atoms with Gasteiger partial charge in [-0.3, -0.25) is 0 Å². The van der Waals surface area contributed by atoms with Gasteiger partial charge >= 0.3 is 0 Å². The Hall–Kier alpha value is -1.31. The molecule has 0 spiro atoms. The van der Waals surface area contributed by atoms with Crippen LogP contribution in [0.15, 0.2) is 29.3 Å². The topological polar surface area (TPSA) is 15.6 Å². The molecular weight excluding hydrogens is 268 g/mol. The average Bonchev–Trinajstić information content (AvgIpc) is 2.34. The zero-order valence-electron chi connectivity index (χ0n) is 16.0. The first-order valence-electron chi connectivity index (χ1n) is 8.23. The SMILES string of the molecule is CC(=Nc1ccc(C(CC(C)(C)C)C(C)(C)C)cc1)N(C)C. The maximum atomic E-state index is 4.64. The molecule has 2 heteroatoms. The average molecular weight is 303 g/mol. The van der Waals surface area contributed by atoms with E-state index in [1.807, 2.05) is 25.9 Å². The Labute approximate surface area is 137 Å². The van der Waals surface area contributed by atoms with E-state index in [9.17, 15) is 0 Å². The van der Waals surface area contributed by atoms with Crippen LogP contribution in [0.5, 0.6) is 0 Å². The highest BCUT2D eigenvalue weighted by Crippen LogP contribution is 2.43. The molecule has 1 rings (SSSR count). The van der Waals surface area contributed by atoms with Crippen LogP contribution in [0.25, 0.3) is 0 Å². The highest BCUT2D eigenvalue weighted by molar-refractivity contribution is 5.82. The molecule has 0 aliphatic carbocycles. The van der Waals surface area contributed by atoms with Crippen molar-refractivity contribution in [1.82, 2.24) is 4.90 Å². The van der Waals surface area contributed by atoms with Crippen molar-refractivity contribution in [3.8, 4) is 0 Å². The summed E-state index contributed by atoms with van der Waals surface area (Å²) in [7, 11) is 4.04. The van der Waals surface area contributed by atoms with Crippen molar-refractivity contribution in [3.05, 3.63) is 29.8 Å². The molecule has 0 N–H and O–H groups in total. The summed E-state index contributed by atoms with van der Waals surface area (Å²) in [6.45, 7) is 16.0. The molecule has 0 radical (unpaired) electrons. The molecule has 0 heterocycles. The van der Waals surface area contributed by atoms with E-state index in [1.54, 1.807) is 0 Å². The summed E-state index contributed by atoms with van der Waals surface area (Å²) in [4.78, 5) is 6.67. The lowest BCUT2D eigenvalue weighted by Crippen LogP contribution is -2.23. The molecular formula is C20H34N2.